The van der Waals surface area contributed by atoms with E-state index in [2.05, 4.69) is 44.3 Å². The standard InChI is InChI=1S/C18H24N4OS/c1-21(13-16-4-2-11-24-16)15-12-18(23-14-15)5-9-22(10-6-18)17-19-7-3-8-20-17/h2-4,7-8,11,15H,5-6,9-10,12-14H2,1H3. The van der Waals surface area contributed by atoms with Crippen molar-refractivity contribution in [2.24, 2.45) is 0 Å². The van der Waals surface area contributed by atoms with Crippen LogP contribution in [0, 0.1) is 0 Å². The molecule has 2 aliphatic heterocycles. The predicted octanol–water partition coefficient (Wildman–Crippen LogP) is 2.80. The molecule has 2 fully saturated rings. The molecule has 4 heterocycles. The molecule has 0 N–H and O–H groups in total. The molecular weight excluding hydrogens is 320 g/mol. The first kappa shape index (κ1) is 16.0. The van der Waals surface area contributed by atoms with Crippen molar-refractivity contribution in [1.29, 1.82) is 0 Å². The summed E-state index contributed by atoms with van der Waals surface area (Å²) in [6.07, 6.45) is 6.89. The summed E-state index contributed by atoms with van der Waals surface area (Å²) < 4.78 is 6.31. The van der Waals surface area contributed by atoms with Gasteiger partial charge in [-0.3, -0.25) is 4.90 Å². The van der Waals surface area contributed by atoms with Gasteiger partial charge in [0.05, 0.1) is 12.2 Å². The number of aromatic nitrogens is 2. The summed E-state index contributed by atoms with van der Waals surface area (Å²) in [5.41, 5.74) is 0.0552. The molecule has 0 bridgehead atoms. The summed E-state index contributed by atoms with van der Waals surface area (Å²) in [5, 5.41) is 2.15. The maximum atomic E-state index is 6.31. The number of hydrogen-bond acceptors (Lipinski definition) is 6. The first-order chi connectivity index (χ1) is 11.7. The second-order valence-corrected chi connectivity index (χ2v) is 7.91. The highest BCUT2D eigenvalue weighted by atomic mass is 32.1. The van der Waals surface area contributed by atoms with Crippen LogP contribution in [0.15, 0.2) is 36.0 Å². The Kier molecular flexibility index (Phi) is 4.52. The highest BCUT2D eigenvalue weighted by Crippen LogP contribution is 2.38. The number of thiophene rings is 1. The van der Waals surface area contributed by atoms with E-state index in [4.69, 9.17) is 4.74 Å². The molecule has 0 aliphatic carbocycles. The molecule has 2 saturated heterocycles. The Bertz CT molecular complexity index is 640. The smallest absolute Gasteiger partial charge is 0.225 e. The number of ether oxygens (including phenoxy) is 1. The Hall–Kier alpha value is -1.50. The zero-order valence-electron chi connectivity index (χ0n) is 14.1. The summed E-state index contributed by atoms with van der Waals surface area (Å²) in [5.74, 6) is 0.844. The Morgan fingerprint density at radius 1 is 1.29 bits per heavy atom. The van der Waals surface area contributed by atoms with E-state index in [1.807, 2.05) is 29.8 Å². The maximum Gasteiger partial charge on any atom is 0.225 e. The lowest BCUT2D eigenvalue weighted by Gasteiger charge is -2.38. The number of piperidine rings is 1. The largest absolute Gasteiger partial charge is 0.373 e. The molecule has 24 heavy (non-hydrogen) atoms. The van der Waals surface area contributed by atoms with Crippen LogP contribution < -0.4 is 4.90 Å². The summed E-state index contributed by atoms with van der Waals surface area (Å²) in [4.78, 5) is 14.9. The lowest BCUT2D eigenvalue weighted by atomic mass is 9.87. The molecule has 0 saturated carbocycles. The fourth-order valence-corrected chi connectivity index (χ4v) is 4.57. The average Bonchev–Trinajstić information content (AvgIpc) is 3.27. The monoisotopic (exact) mass is 344 g/mol. The molecule has 2 aromatic heterocycles. The molecule has 0 aromatic carbocycles. The molecule has 1 spiro atoms. The van der Waals surface area contributed by atoms with Crippen molar-refractivity contribution >= 4 is 17.3 Å². The van der Waals surface area contributed by atoms with E-state index in [-0.39, 0.29) is 5.60 Å². The SMILES string of the molecule is CN(Cc1cccs1)C1COC2(CCN(c3ncccn3)CC2)C1. The third-order valence-corrected chi connectivity index (χ3v) is 6.17. The van der Waals surface area contributed by atoms with Crippen LogP contribution in [0.1, 0.15) is 24.1 Å². The van der Waals surface area contributed by atoms with Crippen molar-refractivity contribution < 1.29 is 4.74 Å². The maximum absolute atomic E-state index is 6.31. The molecule has 128 valence electrons. The summed E-state index contributed by atoms with van der Waals surface area (Å²) in [7, 11) is 2.22. The van der Waals surface area contributed by atoms with Gasteiger partial charge >= 0.3 is 0 Å². The molecule has 5 nitrogen and oxygen atoms in total. The topological polar surface area (TPSA) is 41.5 Å². The minimum Gasteiger partial charge on any atom is -0.373 e. The van der Waals surface area contributed by atoms with Gasteiger partial charge in [0, 0.05) is 42.9 Å². The van der Waals surface area contributed by atoms with E-state index >= 15 is 0 Å². The van der Waals surface area contributed by atoms with E-state index in [0.29, 0.717) is 6.04 Å². The van der Waals surface area contributed by atoms with Gasteiger partial charge in [0.1, 0.15) is 0 Å². The van der Waals surface area contributed by atoms with E-state index in [9.17, 15) is 0 Å². The van der Waals surface area contributed by atoms with Crippen molar-refractivity contribution in [1.82, 2.24) is 14.9 Å². The second kappa shape index (κ2) is 6.78. The molecule has 4 rings (SSSR count). The molecule has 0 radical (unpaired) electrons. The molecule has 0 amide bonds. The van der Waals surface area contributed by atoms with Gasteiger partial charge in [-0.15, -0.1) is 11.3 Å². The molecule has 2 aromatic rings. The van der Waals surface area contributed by atoms with Gasteiger partial charge in [-0.1, -0.05) is 6.07 Å². The summed E-state index contributed by atoms with van der Waals surface area (Å²) in [6, 6.07) is 6.72. The van der Waals surface area contributed by atoms with Crippen LogP contribution in [-0.2, 0) is 11.3 Å². The van der Waals surface area contributed by atoms with Crippen molar-refractivity contribution in [2.45, 2.75) is 37.5 Å². The van der Waals surface area contributed by atoms with E-state index in [1.165, 1.54) is 4.88 Å². The quantitative estimate of drug-likeness (QED) is 0.853. The Balaban J connectivity index is 1.33. The Morgan fingerprint density at radius 2 is 2.08 bits per heavy atom. The molecular formula is C18H24N4OS. The summed E-state index contributed by atoms with van der Waals surface area (Å²) >= 11 is 1.83. The van der Waals surface area contributed by atoms with Gasteiger partial charge in [0.2, 0.25) is 5.95 Å². The van der Waals surface area contributed by atoms with Crippen molar-refractivity contribution in [3.63, 3.8) is 0 Å². The van der Waals surface area contributed by atoms with E-state index in [1.54, 1.807) is 0 Å². The zero-order valence-corrected chi connectivity index (χ0v) is 14.9. The van der Waals surface area contributed by atoms with Crippen LogP contribution in [0.3, 0.4) is 0 Å². The number of hydrogen-bond donors (Lipinski definition) is 0. The molecule has 6 heteroatoms. The number of anilines is 1. The van der Waals surface area contributed by atoms with E-state index < -0.39 is 0 Å². The van der Waals surface area contributed by atoms with Gasteiger partial charge in [0.15, 0.2) is 0 Å². The Morgan fingerprint density at radius 3 is 2.79 bits per heavy atom. The number of nitrogens with zero attached hydrogens (tertiary/aromatic N) is 4. The van der Waals surface area contributed by atoms with Crippen LogP contribution in [0.2, 0.25) is 0 Å². The molecule has 2 aliphatic rings. The van der Waals surface area contributed by atoms with Crippen LogP contribution in [0.5, 0.6) is 0 Å². The predicted molar refractivity (Wildman–Crippen MR) is 96.4 cm³/mol. The third kappa shape index (κ3) is 3.31. The van der Waals surface area contributed by atoms with Gasteiger partial charge in [0.25, 0.3) is 0 Å². The highest BCUT2D eigenvalue weighted by Gasteiger charge is 2.44. The fraction of sp³-hybridized carbons (Fsp3) is 0.556. The molecule has 1 atom stereocenters. The normalized spacial score (nSPS) is 23.2. The lowest BCUT2D eigenvalue weighted by molar-refractivity contribution is -0.0159. The highest BCUT2D eigenvalue weighted by molar-refractivity contribution is 7.09. The number of rotatable bonds is 4. The molecule has 1 unspecified atom stereocenters. The average molecular weight is 344 g/mol. The first-order valence-electron chi connectivity index (χ1n) is 8.63. The lowest BCUT2D eigenvalue weighted by Crippen LogP contribution is -2.45. The van der Waals surface area contributed by atoms with Crippen LogP contribution >= 0.6 is 11.3 Å². The minimum atomic E-state index is 0.0552. The number of likely N-dealkylation sites (N-methyl/N-ethyl adjacent to an activating group) is 1. The fourth-order valence-electron chi connectivity index (χ4n) is 3.80. The summed E-state index contributed by atoms with van der Waals surface area (Å²) in [6.45, 7) is 3.83. The van der Waals surface area contributed by atoms with Crippen LogP contribution in [-0.4, -0.2) is 53.3 Å². The van der Waals surface area contributed by atoms with E-state index in [0.717, 1.165) is 51.5 Å². The van der Waals surface area contributed by atoms with Gasteiger partial charge in [-0.2, -0.15) is 0 Å². The van der Waals surface area contributed by atoms with Gasteiger partial charge < -0.3 is 9.64 Å². The minimum absolute atomic E-state index is 0.0552. The van der Waals surface area contributed by atoms with Crippen LogP contribution in [0.25, 0.3) is 0 Å². The van der Waals surface area contributed by atoms with Crippen molar-refractivity contribution in [2.75, 3.05) is 31.6 Å². The van der Waals surface area contributed by atoms with Crippen molar-refractivity contribution in [3.05, 3.63) is 40.8 Å². The second-order valence-electron chi connectivity index (χ2n) is 6.88. The van der Waals surface area contributed by atoms with Gasteiger partial charge in [-0.25, -0.2) is 9.97 Å². The van der Waals surface area contributed by atoms with Crippen LogP contribution in [0.4, 0.5) is 5.95 Å². The third-order valence-electron chi connectivity index (χ3n) is 5.31. The first-order valence-corrected chi connectivity index (χ1v) is 9.51. The van der Waals surface area contributed by atoms with Gasteiger partial charge in [-0.05, 0) is 43.8 Å². The Labute approximate surface area is 147 Å². The van der Waals surface area contributed by atoms with Crippen molar-refractivity contribution in [3.8, 4) is 0 Å². The zero-order chi connectivity index (χ0) is 16.4.